The maximum atomic E-state index is 13.1. The van der Waals surface area contributed by atoms with Gasteiger partial charge >= 0.3 is 0 Å². The van der Waals surface area contributed by atoms with Crippen LogP contribution in [0.3, 0.4) is 0 Å². The van der Waals surface area contributed by atoms with E-state index in [0.29, 0.717) is 22.3 Å². The molecule has 0 aliphatic rings. The highest BCUT2D eigenvalue weighted by Gasteiger charge is 2.18. The normalized spacial score (nSPS) is 12.1. The minimum atomic E-state index is -0.0546. The summed E-state index contributed by atoms with van der Waals surface area (Å²) < 4.78 is 6.35. The van der Waals surface area contributed by atoms with Gasteiger partial charge in [-0.2, -0.15) is 0 Å². The van der Waals surface area contributed by atoms with Gasteiger partial charge in [0.25, 0.3) is 0 Å². The second kappa shape index (κ2) is 7.31. The number of hydrogen-bond donors (Lipinski definition) is 1. The van der Waals surface area contributed by atoms with Crippen molar-refractivity contribution in [1.29, 1.82) is 0 Å². The van der Waals surface area contributed by atoms with Crippen LogP contribution in [0.1, 0.15) is 29.7 Å². The second-order valence-corrected chi connectivity index (χ2v) is 7.09. The molecule has 0 aliphatic carbocycles. The van der Waals surface area contributed by atoms with E-state index < -0.39 is 0 Å². The molecule has 1 atom stereocenters. The average Bonchev–Trinajstić information content (AvgIpc) is 2.72. The third kappa shape index (κ3) is 3.29. The monoisotopic (exact) mass is 370 g/mol. The SMILES string of the molecule is Cc1cc([C@@H](C)Nc2cccnc2)c2oc(-c3ccccc3)c(C)c(=O)c2c1. The highest BCUT2D eigenvalue weighted by molar-refractivity contribution is 5.84. The topological polar surface area (TPSA) is 55.1 Å². The van der Waals surface area contributed by atoms with E-state index in [0.717, 1.165) is 22.4 Å². The van der Waals surface area contributed by atoms with Gasteiger partial charge in [-0.1, -0.05) is 36.4 Å². The van der Waals surface area contributed by atoms with Gasteiger partial charge in [-0.05, 0) is 44.5 Å². The molecule has 4 heteroatoms. The smallest absolute Gasteiger partial charge is 0.196 e. The number of benzene rings is 2. The molecule has 0 amide bonds. The maximum Gasteiger partial charge on any atom is 0.196 e. The van der Waals surface area contributed by atoms with Crippen LogP contribution >= 0.6 is 0 Å². The number of nitrogens with one attached hydrogen (secondary N) is 1. The minimum absolute atomic E-state index is 0.0126. The molecule has 2 aromatic carbocycles. The highest BCUT2D eigenvalue weighted by Crippen LogP contribution is 2.31. The molecule has 0 radical (unpaired) electrons. The van der Waals surface area contributed by atoms with E-state index in [1.165, 1.54) is 0 Å². The third-order valence-corrected chi connectivity index (χ3v) is 4.94. The summed E-state index contributed by atoms with van der Waals surface area (Å²) in [5.74, 6) is 0.622. The summed E-state index contributed by atoms with van der Waals surface area (Å²) in [6, 6.07) is 17.5. The van der Waals surface area contributed by atoms with Crippen molar-refractivity contribution in [2.75, 3.05) is 5.32 Å². The summed E-state index contributed by atoms with van der Waals surface area (Å²) in [5, 5.41) is 4.06. The van der Waals surface area contributed by atoms with Gasteiger partial charge in [-0.3, -0.25) is 9.78 Å². The molecule has 1 N–H and O–H groups in total. The zero-order chi connectivity index (χ0) is 19.7. The van der Waals surface area contributed by atoms with E-state index in [1.807, 2.05) is 62.4 Å². The molecular formula is C24H22N2O2. The van der Waals surface area contributed by atoms with E-state index in [9.17, 15) is 4.79 Å². The van der Waals surface area contributed by atoms with Crippen LogP contribution in [0.4, 0.5) is 5.69 Å². The number of rotatable bonds is 4. The Morgan fingerprint density at radius 2 is 1.82 bits per heavy atom. The summed E-state index contributed by atoms with van der Waals surface area (Å²) in [5.41, 5.74) is 5.07. The molecule has 4 nitrogen and oxygen atoms in total. The fourth-order valence-corrected chi connectivity index (χ4v) is 3.53. The Hall–Kier alpha value is -3.40. The zero-order valence-electron chi connectivity index (χ0n) is 16.2. The van der Waals surface area contributed by atoms with Crippen molar-refractivity contribution in [3.63, 3.8) is 0 Å². The van der Waals surface area contributed by atoms with Crippen LogP contribution in [0.25, 0.3) is 22.3 Å². The standard InChI is InChI=1S/C24H22N2O2/c1-15-12-20(17(3)26-19-10-7-11-25-14-19)24-21(13-15)22(27)16(2)23(28-24)18-8-5-4-6-9-18/h4-14,17,26H,1-3H3/t17-/m1/s1. The first-order chi connectivity index (χ1) is 13.5. The number of hydrogen-bond acceptors (Lipinski definition) is 4. The van der Waals surface area contributed by atoms with Gasteiger partial charge < -0.3 is 9.73 Å². The molecular weight excluding hydrogens is 348 g/mol. The lowest BCUT2D eigenvalue weighted by molar-refractivity contribution is 0.605. The van der Waals surface area contributed by atoms with E-state index in [2.05, 4.69) is 23.3 Å². The molecule has 140 valence electrons. The fraction of sp³-hybridized carbons (Fsp3) is 0.167. The van der Waals surface area contributed by atoms with E-state index >= 15 is 0 Å². The van der Waals surface area contributed by atoms with Crippen LogP contribution in [0.2, 0.25) is 0 Å². The van der Waals surface area contributed by atoms with Gasteiger partial charge in [0.2, 0.25) is 0 Å². The second-order valence-electron chi connectivity index (χ2n) is 7.09. The van der Waals surface area contributed by atoms with Gasteiger partial charge in [0.1, 0.15) is 11.3 Å². The lowest BCUT2D eigenvalue weighted by atomic mass is 9.99. The van der Waals surface area contributed by atoms with Crippen molar-refractivity contribution in [3.05, 3.63) is 93.9 Å². The Morgan fingerprint density at radius 1 is 1.04 bits per heavy atom. The molecule has 0 bridgehead atoms. The Labute approximate surface area is 163 Å². The first-order valence-corrected chi connectivity index (χ1v) is 9.34. The van der Waals surface area contributed by atoms with Crippen LogP contribution < -0.4 is 10.7 Å². The molecule has 2 aromatic heterocycles. The van der Waals surface area contributed by atoms with Crippen molar-refractivity contribution in [3.8, 4) is 11.3 Å². The van der Waals surface area contributed by atoms with Crippen LogP contribution in [-0.4, -0.2) is 4.98 Å². The van der Waals surface area contributed by atoms with Crippen LogP contribution in [0.5, 0.6) is 0 Å². The number of pyridine rings is 1. The van der Waals surface area contributed by atoms with Gasteiger partial charge in [-0.15, -0.1) is 0 Å². The molecule has 0 saturated carbocycles. The minimum Gasteiger partial charge on any atom is -0.455 e. The summed E-state index contributed by atoms with van der Waals surface area (Å²) in [7, 11) is 0. The lowest BCUT2D eigenvalue weighted by Gasteiger charge is -2.18. The highest BCUT2D eigenvalue weighted by atomic mass is 16.3. The Balaban J connectivity index is 1.91. The van der Waals surface area contributed by atoms with Crippen LogP contribution in [0.15, 0.2) is 76.2 Å². The predicted molar refractivity (Wildman–Crippen MR) is 114 cm³/mol. The predicted octanol–water partition coefficient (Wildman–Crippen LogP) is 5.64. The molecule has 4 aromatic rings. The van der Waals surface area contributed by atoms with Crippen molar-refractivity contribution in [1.82, 2.24) is 4.98 Å². The Morgan fingerprint density at radius 3 is 2.54 bits per heavy atom. The van der Waals surface area contributed by atoms with Gasteiger partial charge in [0.05, 0.1) is 17.1 Å². The van der Waals surface area contributed by atoms with Gasteiger partial charge in [0, 0.05) is 29.1 Å². The van der Waals surface area contributed by atoms with Crippen molar-refractivity contribution >= 4 is 16.7 Å². The Kier molecular flexibility index (Phi) is 4.70. The average molecular weight is 370 g/mol. The largest absolute Gasteiger partial charge is 0.455 e. The third-order valence-electron chi connectivity index (χ3n) is 4.94. The zero-order valence-corrected chi connectivity index (χ0v) is 16.2. The van der Waals surface area contributed by atoms with E-state index in [-0.39, 0.29) is 11.5 Å². The fourth-order valence-electron chi connectivity index (χ4n) is 3.53. The lowest BCUT2D eigenvalue weighted by Crippen LogP contribution is -2.12. The Bertz CT molecular complexity index is 1180. The molecule has 4 rings (SSSR count). The molecule has 28 heavy (non-hydrogen) atoms. The molecule has 2 heterocycles. The van der Waals surface area contributed by atoms with Crippen LogP contribution in [0, 0.1) is 13.8 Å². The first kappa shape index (κ1) is 18.0. The quantitative estimate of drug-likeness (QED) is 0.505. The molecule has 0 spiro atoms. The van der Waals surface area contributed by atoms with Crippen molar-refractivity contribution in [2.24, 2.45) is 0 Å². The molecule has 0 fully saturated rings. The number of aromatic nitrogens is 1. The van der Waals surface area contributed by atoms with Crippen LogP contribution in [-0.2, 0) is 0 Å². The van der Waals surface area contributed by atoms with Gasteiger partial charge in [0.15, 0.2) is 5.43 Å². The molecule has 0 unspecified atom stereocenters. The summed E-state index contributed by atoms with van der Waals surface area (Å²) in [4.78, 5) is 17.3. The molecule has 0 saturated heterocycles. The number of anilines is 1. The van der Waals surface area contributed by atoms with E-state index in [1.54, 1.807) is 12.4 Å². The van der Waals surface area contributed by atoms with E-state index in [4.69, 9.17) is 4.42 Å². The first-order valence-electron chi connectivity index (χ1n) is 9.34. The number of nitrogens with zero attached hydrogens (tertiary/aromatic N) is 1. The van der Waals surface area contributed by atoms with Crippen molar-refractivity contribution < 1.29 is 4.42 Å². The summed E-state index contributed by atoms with van der Waals surface area (Å²) in [6.45, 7) is 5.88. The number of fused-ring (bicyclic) bond motifs is 1. The summed E-state index contributed by atoms with van der Waals surface area (Å²) in [6.07, 6.45) is 3.52. The van der Waals surface area contributed by atoms with Crippen molar-refractivity contribution in [2.45, 2.75) is 26.8 Å². The van der Waals surface area contributed by atoms with Gasteiger partial charge in [-0.25, -0.2) is 0 Å². The maximum absolute atomic E-state index is 13.1. The molecule has 0 aliphatic heterocycles. The summed E-state index contributed by atoms with van der Waals surface area (Å²) >= 11 is 0. The number of aryl methyl sites for hydroxylation is 1.